The molecular formula is C20H25FN2O6. The summed E-state index contributed by atoms with van der Waals surface area (Å²) in [6, 6.07) is 2.93. The van der Waals surface area contributed by atoms with Crippen molar-refractivity contribution < 1.29 is 33.0 Å². The van der Waals surface area contributed by atoms with Gasteiger partial charge in [-0.2, -0.15) is 0 Å². The number of Topliss-reactive ketones (excluding diaryl/α,β-unsaturated/α-hetero) is 1. The number of esters is 1. The number of nitrogens with one attached hydrogen (secondary N) is 1. The molecule has 1 heterocycles. The Morgan fingerprint density at radius 2 is 1.97 bits per heavy atom. The standard InChI is InChI=1S/C20H25FN2O6/c1-12(2)7-8-20(3)18(26)23(19(27)22-20)10-17(25)29-11-15(24)13-5-6-16(28-4)14(21)9-13/h5-6,9,12H,7-8,10-11H2,1-4H3,(H,22,27)/t20-/m0/s1. The SMILES string of the molecule is COc1ccc(C(=O)COC(=O)CN2C(=O)N[C@@](C)(CCC(C)C)C2=O)cc1F. The lowest BCUT2D eigenvalue weighted by Crippen LogP contribution is -2.44. The van der Waals surface area contributed by atoms with Crippen LogP contribution in [-0.2, 0) is 14.3 Å². The van der Waals surface area contributed by atoms with Crippen molar-refractivity contribution in [2.45, 2.75) is 39.2 Å². The van der Waals surface area contributed by atoms with Crippen LogP contribution in [0.3, 0.4) is 0 Å². The predicted molar refractivity (Wildman–Crippen MR) is 101 cm³/mol. The maximum absolute atomic E-state index is 13.7. The number of methoxy groups -OCH3 is 1. The molecule has 8 nitrogen and oxygen atoms in total. The zero-order valence-electron chi connectivity index (χ0n) is 16.9. The number of imide groups is 1. The Kier molecular flexibility index (Phi) is 6.94. The van der Waals surface area contributed by atoms with E-state index >= 15 is 0 Å². The van der Waals surface area contributed by atoms with E-state index < -0.39 is 48.2 Å². The number of urea groups is 1. The number of benzene rings is 1. The average molecular weight is 408 g/mol. The van der Waals surface area contributed by atoms with Gasteiger partial charge in [-0.3, -0.25) is 19.3 Å². The van der Waals surface area contributed by atoms with Gasteiger partial charge in [-0.05, 0) is 43.9 Å². The van der Waals surface area contributed by atoms with Crippen molar-refractivity contribution in [3.05, 3.63) is 29.6 Å². The van der Waals surface area contributed by atoms with Crippen molar-refractivity contribution >= 4 is 23.7 Å². The molecule has 0 aliphatic carbocycles. The number of hydrogen-bond donors (Lipinski definition) is 1. The number of ether oxygens (including phenoxy) is 2. The monoisotopic (exact) mass is 408 g/mol. The van der Waals surface area contributed by atoms with Crippen LogP contribution in [0.5, 0.6) is 5.75 Å². The third-order valence-corrected chi connectivity index (χ3v) is 4.69. The minimum Gasteiger partial charge on any atom is -0.494 e. The summed E-state index contributed by atoms with van der Waals surface area (Å²) in [6.07, 6.45) is 1.18. The molecule has 9 heteroatoms. The lowest BCUT2D eigenvalue weighted by molar-refractivity contribution is -0.146. The minimum atomic E-state index is -1.07. The van der Waals surface area contributed by atoms with Crippen molar-refractivity contribution in [1.82, 2.24) is 10.2 Å². The van der Waals surface area contributed by atoms with Gasteiger partial charge >= 0.3 is 12.0 Å². The first-order valence-corrected chi connectivity index (χ1v) is 9.24. The highest BCUT2D eigenvalue weighted by molar-refractivity contribution is 6.08. The Morgan fingerprint density at radius 1 is 1.28 bits per heavy atom. The molecule has 3 amide bonds. The van der Waals surface area contributed by atoms with Gasteiger partial charge in [0.2, 0.25) is 0 Å². The van der Waals surface area contributed by atoms with Crippen LogP contribution in [0.25, 0.3) is 0 Å². The van der Waals surface area contributed by atoms with Gasteiger partial charge in [0, 0.05) is 5.56 Å². The molecule has 1 saturated heterocycles. The van der Waals surface area contributed by atoms with Crippen molar-refractivity contribution in [1.29, 1.82) is 0 Å². The molecule has 1 N–H and O–H groups in total. The van der Waals surface area contributed by atoms with Crippen LogP contribution in [0, 0.1) is 11.7 Å². The number of nitrogens with zero attached hydrogens (tertiary/aromatic N) is 1. The van der Waals surface area contributed by atoms with E-state index in [4.69, 9.17) is 9.47 Å². The first-order valence-electron chi connectivity index (χ1n) is 9.24. The molecule has 158 valence electrons. The molecule has 1 aromatic rings. The number of rotatable bonds is 9. The normalized spacial score (nSPS) is 18.8. The van der Waals surface area contributed by atoms with Gasteiger partial charge in [0.25, 0.3) is 5.91 Å². The molecule has 0 saturated carbocycles. The zero-order valence-corrected chi connectivity index (χ0v) is 16.9. The summed E-state index contributed by atoms with van der Waals surface area (Å²) in [5, 5.41) is 2.61. The van der Waals surface area contributed by atoms with E-state index in [1.165, 1.54) is 19.2 Å². The Bertz CT molecular complexity index is 825. The van der Waals surface area contributed by atoms with Crippen LogP contribution in [0.2, 0.25) is 0 Å². The molecule has 1 aliphatic heterocycles. The van der Waals surface area contributed by atoms with Crippen LogP contribution >= 0.6 is 0 Å². The highest BCUT2D eigenvalue weighted by Gasteiger charge is 2.48. The molecule has 2 rings (SSSR count). The van der Waals surface area contributed by atoms with E-state index in [-0.39, 0.29) is 11.3 Å². The first-order chi connectivity index (χ1) is 13.6. The quantitative estimate of drug-likeness (QED) is 0.382. The molecule has 29 heavy (non-hydrogen) atoms. The molecule has 0 aromatic heterocycles. The number of carbonyl (C=O) groups is 4. The molecular weight excluding hydrogens is 383 g/mol. The first kappa shape index (κ1) is 22.3. The molecule has 1 atom stereocenters. The maximum Gasteiger partial charge on any atom is 0.326 e. The Balaban J connectivity index is 1.92. The lowest BCUT2D eigenvalue weighted by Gasteiger charge is -2.22. The fourth-order valence-electron chi connectivity index (χ4n) is 2.88. The second-order valence-corrected chi connectivity index (χ2v) is 7.52. The lowest BCUT2D eigenvalue weighted by atomic mass is 9.92. The van der Waals surface area contributed by atoms with E-state index in [1.54, 1.807) is 6.92 Å². The van der Waals surface area contributed by atoms with E-state index in [0.29, 0.717) is 12.3 Å². The van der Waals surface area contributed by atoms with Gasteiger partial charge in [-0.25, -0.2) is 9.18 Å². The Labute approximate surface area is 168 Å². The van der Waals surface area contributed by atoms with Gasteiger partial charge in [-0.1, -0.05) is 13.8 Å². The average Bonchev–Trinajstić information content (AvgIpc) is 2.88. The summed E-state index contributed by atoms with van der Waals surface area (Å²) in [5.74, 6) is -2.43. The maximum atomic E-state index is 13.7. The van der Waals surface area contributed by atoms with Crippen LogP contribution in [0.1, 0.15) is 44.0 Å². The van der Waals surface area contributed by atoms with Crippen molar-refractivity contribution in [3.8, 4) is 5.75 Å². The smallest absolute Gasteiger partial charge is 0.326 e. The topological polar surface area (TPSA) is 102 Å². The third-order valence-electron chi connectivity index (χ3n) is 4.69. The van der Waals surface area contributed by atoms with Crippen molar-refractivity contribution in [2.75, 3.05) is 20.3 Å². The largest absolute Gasteiger partial charge is 0.494 e. The Morgan fingerprint density at radius 3 is 2.55 bits per heavy atom. The fraction of sp³-hybridized carbons (Fsp3) is 0.500. The zero-order chi connectivity index (χ0) is 21.8. The van der Waals surface area contributed by atoms with Crippen molar-refractivity contribution in [3.63, 3.8) is 0 Å². The molecule has 0 bridgehead atoms. The summed E-state index contributed by atoms with van der Waals surface area (Å²) >= 11 is 0. The van der Waals surface area contributed by atoms with Crippen molar-refractivity contribution in [2.24, 2.45) is 5.92 Å². The highest BCUT2D eigenvalue weighted by atomic mass is 19.1. The van der Waals surface area contributed by atoms with Crippen LogP contribution in [0.4, 0.5) is 9.18 Å². The number of halogens is 1. The molecule has 0 spiro atoms. The summed E-state index contributed by atoms with van der Waals surface area (Å²) < 4.78 is 23.3. The minimum absolute atomic E-state index is 0.00681. The Hall–Kier alpha value is -2.97. The molecule has 1 fully saturated rings. The number of carbonyl (C=O) groups excluding carboxylic acids is 4. The summed E-state index contributed by atoms with van der Waals surface area (Å²) in [6.45, 7) is 4.38. The van der Waals surface area contributed by atoms with Gasteiger partial charge in [0.1, 0.15) is 12.1 Å². The number of amides is 3. The summed E-state index contributed by atoms with van der Waals surface area (Å²) in [4.78, 5) is 49.5. The second-order valence-electron chi connectivity index (χ2n) is 7.52. The van der Waals surface area contributed by atoms with E-state index in [1.807, 2.05) is 13.8 Å². The highest BCUT2D eigenvalue weighted by Crippen LogP contribution is 2.24. The van der Waals surface area contributed by atoms with E-state index in [2.05, 4.69) is 5.32 Å². The molecule has 1 aliphatic rings. The van der Waals surface area contributed by atoms with Gasteiger partial charge in [0.15, 0.2) is 24.0 Å². The molecule has 0 unspecified atom stereocenters. The molecule has 1 aromatic carbocycles. The van der Waals surface area contributed by atoms with Gasteiger partial charge in [0.05, 0.1) is 7.11 Å². The summed E-state index contributed by atoms with van der Waals surface area (Å²) in [5.41, 5.74) is -1.06. The summed E-state index contributed by atoms with van der Waals surface area (Å²) in [7, 11) is 1.30. The predicted octanol–water partition coefficient (Wildman–Crippen LogP) is 2.31. The van der Waals surface area contributed by atoms with Gasteiger partial charge < -0.3 is 14.8 Å². The van der Waals surface area contributed by atoms with Crippen LogP contribution < -0.4 is 10.1 Å². The van der Waals surface area contributed by atoms with E-state index in [0.717, 1.165) is 17.4 Å². The number of ketones is 1. The molecule has 0 radical (unpaired) electrons. The van der Waals surface area contributed by atoms with E-state index in [9.17, 15) is 23.6 Å². The van der Waals surface area contributed by atoms with Gasteiger partial charge in [-0.15, -0.1) is 0 Å². The fourth-order valence-corrected chi connectivity index (χ4v) is 2.88. The second kappa shape index (κ2) is 9.02. The van der Waals surface area contributed by atoms with Crippen LogP contribution in [0.15, 0.2) is 18.2 Å². The number of hydrogen-bond acceptors (Lipinski definition) is 6. The third kappa shape index (κ3) is 5.30. The van der Waals surface area contributed by atoms with Crippen LogP contribution in [-0.4, -0.2) is 54.4 Å².